The van der Waals surface area contributed by atoms with Gasteiger partial charge in [0.05, 0.1) is 6.33 Å². The van der Waals surface area contributed by atoms with E-state index in [1.54, 1.807) is 0 Å². The zero-order chi connectivity index (χ0) is 14.3. The first-order valence-corrected chi connectivity index (χ1v) is 6.78. The monoisotopic (exact) mass is 264 g/mol. The van der Waals surface area contributed by atoms with E-state index >= 15 is 0 Å². The summed E-state index contributed by atoms with van der Waals surface area (Å²) in [6.45, 7) is 9.16. The van der Waals surface area contributed by atoms with Crippen LogP contribution in [0.4, 0.5) is 11.5 Å². The molecule has 0 aromatic carbocycles. The van der Waals surface area contributed by atoms with E-state index in [1.807, 2.05) is 0 Å². The third-order valence-electron chi connectivity index (χ3n) is 3.78. The third-order valence-corrected chi connectivity index (χ3v) is 3.78. The number of hydrogen-bond acceptors (Lipinski definition) is 4. The molecule has 0 amide bonds. The molecule has 1 heterocycles. The molecule has 2 rings (SSSR count). The minimum atomic E-state index is -0.285. The predicted octanol–water partition coefficient (Wildman–Crippen LogP) is 2.37. The average Bonchev–Trinajstić information content (AvgIpc) is 2.20. The lowest BCUT2D eigenvalue weighted by Crippen LogP contribution is -2.40. The standard InChI is InChI=1S/C14H24N4O/c1-13(2)5-9(6-14(3,4)7-13)18-11-10(15)12(19)17-8-16-11/h8-9H,5-7,15H2,1-4H3,(H2,16,17,18,19). The zero-order valence-corrected chi connectivity index (χ0v) is 12.2. The second-order valence-corrected chi connectivity index (χ2v) is 7.25. The fourth-order valence-electron chi connectivity index (χ4n) is 3.67. The summed E-state index contributed by atoms with van der Waals surface area (Å²) in [5.74, 6) is 0.502. The summed E-state index contributed by atoms with van der Waals surface area (Å²) < 4.78 is 0. The van der Waals surface area contributed by atoms with Crippen LogP contribution in [-0.4, -0.2) is 16.0 Å². The quantitative estimate of drug-likeness (QED) is 0.765. The Morgan fingerprint density at radius 1 is 1.32 bits per heavy atom. The Kier molecular flexibility index (Phi) is 3.32. The molecular weight excluding hydrogens is 240 g/mol. The number of nitrogen functional groups attached to an aromatic ring is 1. The largest absolute Gasteiger partial charge is 0.391 e. The van der Waals surface area contributed by atoms with E-state index in [0.29, 0.717) is 11.9 Å². The van der Waals surface area contributed by atoms with Crippen molar-refractivity contribution >= 4 is 11.5 Å². The summed E-state index contributed by atoms with van der Waals surface area (Å²) in [4.78, 5) is 18.1. The molecule has 0 bridgehead atoms. The van der Waals surface area contributed by atoms with Crippen molar-refractivity contribution in [2.24, 2.45) is 10.8 Å². The average molecular weight is 264 g/mol. The molecule has 0 unspecified atom stereocenters. The molecule has 19 heavy (non-hydrogen) atoms. The van der Waals surface area contributed by atoms with Crippen molar-refractivity contribution in [3.63, 3.8) is 0 Å². The fraction of sp³-hybridized carbons (Fsp3) is 0.714. The normalized spacial score (nSPS) is 22.1. The van der Waals surface area contributed by atoms with Gasteiger partial charge in [-0.15, -0.1) is 0 Å². The number of anilines is 2. The molecule has 106 valence electrons. The van der Waals surface area contributed by atoms with E-state index in [9.17, 15) is 4.79 Å². The van der Waals surface area contributed by atoms with Crippen LogP contribution in [0.3, 0.4) is 0 Å². The molecule has 0 radical (unpaired) electrons. The van der Waals surface area contributed by atoms with Crippen molar-refractivity contribution in [2.45, 2.75) is 53.0 Å². The van der Waals surface area contributed by atoms with E-state index in [1.165, 1.54) is 12.7 Å². The number of H-pyrrole nitrogens is 1. The first-order chi connectivity index (χ1) is 8.69. The second kappa shape index (κ2) is 4.54. The number of rotatable bonds is 2. The van der Waals surface area contributed by atoms with Gasteiger partial charge in [0, 0.05) is 6.04 Å². The van der Waals surface area contributed by atoms with Crippen molar-refractivity contribution in [2.75, 3.05) is 11.1 Å². The Hall–Kier alpha value is -1.52. The van der Waals surface area contributed by atoms with Crippen molar-refractivity contribution in [3.8, 4) is 0 Å². The van der Waals surface area contributed by atoms with Crippen LogP contribution in [-0.2, 0) is 0 Å². The number of nitrogens with zero attached hydrogens (tertiary/aromatic N) is 1. The summed E-state index contributed by atoms with van der Waals surface area (Å²) in [6.07, 6.45) is 4.71. The van der Waals surface area contributed by atoms with Crippen LogP contribution in [0.25, 0.3) is 0 Å². The second-order valence-electron chi connectivity index (χ2n) is 7.25. The summed E-state index contributed by atoms with van der Waals surface area (Å²) in [7, 11) is 0. The summed E-state index contributed by atoms with van der Waals surface area (Å²) in [5, 5.41) is 3.35. The molecular formula is C14H24N4O. The van der Waals surface area contributed by atoms with Crippen molar-refractivity contribution in [1.29, 1.82) is 0 Å². The minimum Gasteiger partial charge on any atom is -0.391 e. The molecule has 0 saturated heterocycles. The maximum Gasteiger partial charge on any atom is 0.276 e. The van der Waals surface area contributed by atoms with Gasteiger partial charge in [-0.2, -0.15) is 0 Å². The molecule has 1 aliphatic carbocycles. The summed E-state index contributed by atoms with van der Waals surface area (Å²) >= 11 is 0. The number of aromatic nitrogens is 2. The molecule has 5 nitrogen and oxygen atoms in total. The molecule has 1 aromatic heterocycles. The molecule has 1 fully saturated rings. The van der Waals surface area contributed by atoms with E-state index in [-0.39, 0.29) is 22.1 Å². The third kappa shape index (κ3) is 3.28. The maximum atomic E-state index is 11.5. The Morgan fingerprint density at radius 3 is 2.47 bits per heavy atom. The zero-order valence-electron chi connectivity index (χ0n) is 12.2. The van der Waals surface area contributed by atoms with E-state index in [2.05, 4.69) is 43.0 Å². The van der Waals surface area contributed by atoms with Gasteiger partial charge in [-0.3, -0.25) is 4.79 Å². The first kappa shape index (κ1) is 13.9. The van der Waals surface area contributed by atoms with Gasteiger partial charge >= 0.3 is 0 Å². The molecule has 1 saturated carbocycles. The lowest BCUT2D eigenvalue weighted by molar-refractivity contribution is 0.105. The molecule has 5 heteroatoms. The minimum absolute atomic E-state index is 0.170. The Labute approximate surface area is 114 Å². The SMILES string of the molecule is CC1(C)CC(Nc2nc[nH]c(=O)c2N)CC(C)(C)C1. The number of aromatic amines is 1. The molecule has 1 aliphatic rings. The predicted molar refractivity (Wildman–Crippen MR) is 78.1 cm³/mol. The molecule has 0 atom stereocenters. The van der Waals surface area contributed by atoms with Gasteiger partial charge in [-0.1, -0.05) is 27.7 Å². The van der Waals surface area contributed by atoms with Gasteiger partial charge in [-0.05, 0) is 30.1 Å². The van der Waals surface area contributed by atoms with E-state index in [0.717, 1.165) is 12.8 Å². The number of nitrogens with two attached hydrogens (primary N) is 1. The van der Waals surface area contributed by atoms with Crippen molar-refractivity contribution in [3.05, 3.63) is 16.7 Å². The number of hydrogen-bond donors (Lipinski definition) is 3. The molecule has 1 aromatic rings. The van der Waals surface area contributed by atoms with Gasteiger partial charge in [0.15, 0.2) is 5.82 Å². The van der Waals surface area contributed by atoms with Gasteiger partial charge in [0.25, 0.3) is 5.56 Å². The van der Waals surface area contributed by atoms with Gasteiger partial charge in [0.2, 0.25) is 0 Å². The highest BCUT2D eigenvalue weighted by Crippen LogP contribution is 2.46. The Bertz CT molecular complexity index is 502. The van der Waals surface area contributed by atoms with E-state index in [4.69, 9.17) is 5.73 Å². The van der Waals surface area contributed by atoms with Crippen LogP contribution < -0.4 is 16.6 Å². The first-order valence-electron chi connectivity index (χ1n) is 6.78. The highest BCUT2D eigenvalue weighted by atomic mass is 16.1. The summed E-state index contributed by atoms with van der Waals surface area (Å²) in [5.41, 5.74) is 6.23. The molecule has 0 aliphatic heterocycles. The Balaban J connectivity index is 2.19. The van der Waals surface area contributed by atoms with Crippen LogP contribution in [0.5, 0.6) is 0 Å². The van der Waals surface area contributed by atoms with Crippen molar-refractivity contribution in [1.82, 2.24) is 9.97 Å². The van der Waals surface area contributed by atoms with Gasteiger partial charge < -0.3 is 16.0 Å². The smallest absolute Gasteiger partial charge is 0.276 e. The van der Waals surface area contributed by atoms with Crippen molar-refractivity contribution < 1.29 is 0 Å². The van der Waals surface area contributed by atoms with Gasteiger partial charge in [-0.25, -0.2) is 4.98 Å². The fourth-order valence-corrected chi connectivity index (χ4v) is 3.67. The van der Waals surface area contributed by atoms with Crippen LogP contribution >= 0.6 is 0 Å². The lowest BCUT2D eigenvalue weighted by atomic mass is 9.63. The van der Waals surface area contributed by atoms with Crippen LogP contribution in [0.2, 0.25) is 0 Å². The maximum absolute atomic E-state index is 11.5. The van der Waals surface area contributed by atoms with Gasteiger partial charge in [0.1, 0.15) is 5.69 Å². The van der Waals surface area contributed by atoms with E-state index < -0.39 is 0 Å². The highest BCUT2D eigenvalue weighted by Gasteiger charge is 2.38. The highest BCUT2D eigenvalue weighted by molar-refractivity contribution is 5.59. The van der Waals surface area contributed by atoms with Crippen LogP contribution in [0, 0.1) is 10.8 Å². The molecule has 0 spiro atoms. The topological polar surface area (TPSA) is 83.8 Å². The number of nitrogens with one attached hydrogen (secondary N) is 2. The summed E-state index contributed by atoms with van der Waals surface area (Å²) in [6, 6.07) is 0.301. The molecule has 4 N–H and O–H groups in total. The van der Waals surface area contributed by atoms with Crippen LogP contribution in [0.1, 0.15) is 47.0 Å². The Morgan fingerprint density at radius 2 is 1.89 bits per heavy atom. The lowest BCUT2D eigenvalue weighted by Gasteiger charge is -2.45. The van der Waals surface area contributed by atoms with Crippen LogP contribution in [0.15, 0.2) is 11.1 Å².